The lowest BCUT2D eigenvalue weighted by Gasteiger charge is -2.45. The molecule has 0 heterocycles. The van der Waals surface area contributed by atoms with Gasteiger partial charge in [0.05, 0.1) is 13.2 Å². The van der Waals surface area contributed by atoms with Gasteiger partial charge in [-0.2, -0.15) is 0 Å². The second-order valence-corrected chi connectivity index (χ2v) is 8.78. The number of hydrogen-bond donors (Lipinski definition) is 0. The molecule has 0 aromatic heterocycles. The fraction of sp³-hybridized carbons (Fsp3) is 0.957. The second-order valence-electron chi connectivity index (χ2n) is 8.78. The molecule has 25 heavy (non-hydrogen) atoms. The monoisotopic (exact) mass is 353 g/mol. The largest absolute Gasteiger partial charge is 0.384 e. The molecule has 0 aromatic rings. The van der Waals surface area contributed by atoms with Crippen LogP contribution in [0.1, 0.15) is 91.9 Å². The predicted molar refractivity (Wildman–Crippen MR) is 109 cm³/mol. The quantitative estimate of drug-likeness (QED) is 0.484. The van der Waals surface area contributed by atoms with Gasteiger partial charge in [-0.1, -0.05) is 59.8 Å². The number of hydrogen-bond acceptors (Lipinski definition) is 2. The van der Waals surface area contributed by atoms with Gasteiger partial charge in [0.1, 0.15) is 0 Å². The molecule has 0 amide bonds. The van der Waals surface area contributed by atoms with E-state index in [0.29, 0.717) is 11.8 Å². The lowest BCUT2D eigenvalue weighted by Crippen LogP contribution is -2.45. The lowest BCUT2D eigenvalue weighted by atomic mass is 9.64. The highest BCUT2D eigenvalue weighted by Gasteiger charge is 2.45. The first-order chi connectivity index (χ1) is 12.0. The molecule has 2 fully saturated rings. The normalized spacial score (nSPS) is 21.2. The summed E-state index contributed by atoms with van der Waals surface area (Å²) in [6.07, 6.45) is 14.0. The molecule has 1 unspecified atom stereocenters. The molecule has 2 heteroatoms. The first-order valence-corrected chi connectivity index (χ1v) is 10.8. The Morgan fingerprint density at radius 1 is 0.880 bits per heavy atom. The van der Waals surface area contributed by atoms with E-state index in [1.165, 1.54) is 64.2 Å². The summed E-state index contributed by atoms with van der Waals surface area (Å²) in [5, 5.41) is 0. The van der Waals surface area contributed by atoms with Gasteiger partial charge in [-0.3, -0.25) is 0 Å². The summed E-state index contributed by atoms with van der Waals surface area (Å²) >= 11 is 0. The third-order valence-corrected chi connectivity index (χ3v) is 6.96. The molecular weight excluding hydrogens is 308 g/mol. The van der Waals surface area contributed by atoms with E-state index in [2.05, 4.69) is 27.7 Å². The van der Waals surface area contributed by atoms with Crippen LogP contribution in [0.15, 0.2) is 0 Å². The standard InChI is InChI=1S/C15H30O2.C8H15/c1-12(2)13(3)15(10-16-4,11-17-5)14-8-6-7-9-14;1-2-8-6-4-3-5-7-8/h12-14H,6-11H2,1-5H3;2-7H2,1H3. The zero-order valence-electron chi connectivity index (χ0n) is 18.0. The Kier molecular flexibility index (Phi) is 11.3. The number of methoxy groups -OCH3 is 2. The summed E-state index contributed by atoms with van der Waals surface area (Å²) in [4.78, 5) is 0. The highest BCUT2D eigenvalue weighted by molar-refractivity contribution is 4.94. The van der Waals surface area contributed by atoms with E-state index < -0.39 is 0 Å². The van der Waals surface area contributed by atoms with Crippen LogP contribution >= 0.6 is 0 Å². The van der Waals surface area contributed by atoms with Crippen molar-refractivity contribution in [3.05, 3.63) is 5.92 Å². The minimum atomic E-state index is 0.216. The van der Waals surface area contributed by atoms with E-state index in [4.69, 9.17) is 9.47 Å². The fourth-order valence-electron chi connectivity index (χ4n) is 5.02. The van der Waals surface area contributed by atoms with Crippen molar-refractivity contribution in [3.63, 3.8) is 0 Å². The van der Waals surface area contributed by atoms with Crippen molar-refractivity contribution in [1.82, 2.24) is 0 Å². The molecule has 2 aliphatic carbocycles. The van der Waals surface area contributed by atoms with E-state index in [1.54, 1.807) is 5.92 Å². The maximum absolute atomic E-state index is 5.56. The van der Waals surface area contributed by atoms with Crippen LogP contribution < -0.4 is 0 Å². The minimum Gasteiger partial charge on any atom is -0.384 e. The van der Waals surface area contributed by atoms with E-state index in [0.717, 1.165) is 19.1 Å². The third-order valence-electron chi connectivity index (χ3n) is 6.96. The number of rotatable bonds is 8. The van der Waals surface area contributed by atoms with E-state index >= 15 is 0 Å². The van der Waals surface area contributed by atoms with Crippen LogP contribution in [0, 0.1) is 29.1 Å². The van der Waals surface area contributed by atoms with Crippen LogP contribution in [-0.2, 0) is 9.47 Å². The molecule has 149 valence electrons. The Morgan fingerprint density at radius 3 is 1.76 bits per heavy atom. The first-order valence-electron chi connectivity index (χ1n) is 10.8. The van der Waals surface area contributed by atoms with Crippen molar-refractivity contribution in [2.75, 3.05) is 27.4 Å². The van der Waals surface area contributed by atoms with Gasteiger partial charge in [-0.05, 0) is 55.8 Å². The smallest absolute Gasteiger partial charge is 0.0546 e. The van der Waals surface area contributed by atoms with Crippen molar-refractivity contribution in [1.29, 1.82) is 0 Å². The predicted octanol–water partition coefficient (Wildman–Crippen LogP) is 6.68. The molecule has 1 atom stereocenters. The first kappa shape index (κ1) is 23.0. The summed E-state index contributed by atoms with van der Waals surface area (Å²) < 4.78 is 11.1. The number of ether oxygens (including phenoxy) is 2. The molecule has 2 rings (SSSR count). The van der Waals surface area contributed by atoms with Crippen LogP contribution in [0.5, 0.6) is 0 Å². The summed E-state index contributed by atoms with van der Waals surface area (Å²) in [6, 6.07) is 0. The third kappa shape index (κ3) is 6.86. The lowest BCUT2D eigenvalue weighted by molar-refractivity contribution is -0.0761. The molecular formula is C23H45O2. The van der Waals surface area contributed by atoms with Gasteiger partial charge in [0.15, 0.2) is 0 Å². The average Bonchev–Trinajstić information content (AvgIpc) is 3.17. The van der Waals surface area contributed by atoms with Gasteiger partial charge >= 0.3 is 0 Å². The topological polar surface area (TPSA) is 18.5 Å². The molecule has 0 aromatic carbocycles. The molecule has 0 aliphatic heterocycles. The maximum Gasteiger partial charge on any atom is 0.0546 e. The van der Waals surface area contributed by atoms with E-state index in [1.807, 2.05) is 14.2 Å². The Labute approximate surface area is 158 Å². The maximum atomic E-state index is 5.56. The summed E-state index contributed by atoms with van der Waals surface area (Å²) in [5.74, 6) is 3.91. The highest BCUT2D eigenvalue weighted by atomic mass is 16.5. The average molecular weight is 354 g/mol. The van der Waals surface area contributed by atoms with Gasteiger partial charge < -0.3 is 9.47 Å². The van der Waals surface area contributed by atoms with Gasteiger partial charge in [0, 0.05) is 19.6 Å². The van der Waals surface area contributed by atoms with Crippen LogP contribution in [0.2, 0.25) is 0 Å². The molecule has 0 N–H and O–H groups in total. The Balaban J connectivity index is 0.000000324. The molecule has 1 radical (unpaired) electrons. The van der Waals surface area contributed by atoms with Gasteiger partial charge in [-0.25, -0.2) is 0 Å². The molecule has 2 nitrogen and oxygen atoms in total. The van der Waals surface area contributed by atoms with Crippen molar-refractivity contribution in [2.45, 2.75) is 91.9 Å². The van der Waals surface area contributed by atoms with Crippen molar-refractivity contribution in [2.24, 2.45) is 23.2 Å². The van der Waals surface area contributed by atoms with E-state index in [9.17, 15) is 0 Å². The van der Waals surface area contributed by atoms with Gasteiger partial charge in [0.25, 0.3) is 0 Å². The zero-order valence-corrected chi connectivity index (χ0v) is 18.0. The Hall–Kier alpha value is -0.0800. The van der Waals surface area contributed by atoms with Crippen LogP contribution in [0.25, 0.3) is 0 Å². The molecule has 0 bridgehead atoms. The van der Waals surface area contributed by atoms with Crippen molar-refractivity contribution in [3.8, 4) is 0 Å². The fourth-order valence-corrected chi connectivity index (χ4v) is 5.02. The highest BCUT2D eigenvalue weighted by Crippen LogP contribution is 2.47. The molecule has 0 spiro atoms. The zero-order chi connectivity index (χ0) is 18.7. The van der Waals surface area contributed by atoms with Crippen LogP contribution in [0.3, 0.4) is 0 Å². The summed E-state index contributed by atoms with van der Waals surface area (Å²) in [6.45, 7) is 11.0. The van der Waals surface area contributed by atoms with Crippen LogP contribution in [-0.4, -0.2) is 27.4 Å². The molecule has 2 aliphatic rings. The van der Waals surface area contributed by atoms with Gasteiger partial charge in [0.2, 0.25) is 0 Å². The van der Waals surface area contributed by atoms with Crippen molar-refractivity contribution >= 4 is 0 Å². The van der Waals surface area contributed by atoms with E-state index in [-0.39, 0.29) is 5.41 Å². The molecule has 0 saturated heterocycles. The Bertz CT molecular complexity index is 304. The Morgan fingerprint density at radius 2 is 1.40 bits per heavy atom. The van der Waals surface area contributed by atoms with Crippen LogP contribution in [0.4, 0.5) is 0 Å². The summed E-state index contributed by atoms with van der Waals surface area (Å²) in [5.41, 5.74) is 0.216. The van der Waals surface area contributed by atoms with Gasteiger partial charge in [-0.15, -0.1) is 0 Å². The summed E-state index contributed by atoms with van der Waals surface area (Å²) in [7, 11) is 3.65. The second kappa shape index (κ2) is 12.3. The molecule has 2 saturated carbocycles. The minimum absolute atomic E-state index is 0.216. The van der Waals surface area contributed by atoms with Crippen molar-refractivity contribution < 1.29 is 9.47 Å². The SMILES string of the molecule is CC[C]1CCCCC1.COCC(COC)(C1CCCC1)C(C)C(C)C.